The molecule has 15 heavy (non-hydrogen) atoms. The van der Waals surface area contributed by atoms with Crippen LogP contribution in [0.2, 0.25) is 0 Å². The minimum atomic E-state index is 0.922. The Bertz CT molecular complexity index is 493. The number of rotatable bonds is 0. The van der Waals surface area contributed by atoms with Crippen molar-refractivity contribution in [2.24, 2.45) is 0 Å². The predicted molar refractivity (Wildman–Crippen MR) is 61.6 cm³/mol. The molecular weight excluding hydrogens is 182 g/mol. The third-order valence-corrected chi connectivity index (χ3v) is 2.92. The highest BCUT2D eigenvalue weighted by molar-refractivity contribution is 5.83. The molecule has 0 atom stereocenters. The standard InChI is InChI=1S/C14H11N/c1-10-12-6-3-2-5-11(12)9-14-13(10)7-4-8-15-14/h2-8H,1,9H2. The van der Waals surface area contributed by atoms with Crippen molar-refractivity contribution in [3.8, 4) is 0 Å². The summed E-state index contributed by atoms with van der Waals surface area (Å²) in [6.07, 6.45) is 2.77. The minimum absolute atomic E-state index is 0.922. The van der Waals surface area contributed by atoms with Crippen molar-refractivity contribution >= 4 is 5.57 Å². The second-order valence-corrected chi connectivity index (χ2v) is 3.81. The van der Waals surface area contributed by atoms with Gasteiger partial charge in [0, 0.05) is 18.2 Å². The van der Waals surface area contributed by atoms with Crippen molar-refractivity contribution in [1.82, 2.24) is 4.98 Å². The Morgan fingerprint density at radius 3 is 2.73 bits per heavy atom. The molecule has 1 heterocycles. The largest absolute Gasteiger partial charge is 0.260 e. The van der Waals surface area contributed by atoms with Crippen LogP contribution in [0.5, 0.6) is 0 Å². The van der Waals surface area contributed by atoms with E-state index in [1.807, 2.05) is 12.3 Å². The molecule has 0 spiro atoms. The molecule has 1 aromatic heterocycles. The van der Waals surface area contributed by atoms with Gasteiger partial charge in [0.05, 0.1) is 5.69 Å². The molecule has 1 nitrogen and oxygen atoms in total. The summed E-state index contributed by atoms with van der Waals surface area (Å²) in [4.78, 5) is 4.41. The van der Waals surface area contributed by atoms with Crippen LogP contribution in [0, 0.1) is 0 Å². The Kier molecular flexibility index (Phi) is 1.72. The third kappa shape index (κ3) is 1.20. The number of pyridine rings is 1. The number of hydrogen-bond acceptors (Lipinski definition) is 1. The summed E-state index contributed by atoms with van der Waals surface area (Å²) in [5.74, 6) is 0. The van der Waals surface area contributed by atoms with Gasteiger partial charge in [0.15, 0.2) is 0 Å². The molecule has 1 aromatic carbocycles. The second-order valence-electron chi connectivity index (χ2n) is 3.81. The Morgan fingerprint density at radius 2 is 1.80 bits per heavy atom. The Morgan fingerprint density at radius 1 is 1.00 bits per heavy atom. The lowest BCUT2D eigenvalue weighted by Crippen LogP contribution is -2.07. The van der Waals surface area contributed by atoms with E-state index in [1.54, 1.807) is 0 Å². The van der Waals surface area contributed by atoms with E-state index in [4.69, 9.17) is 0 Å². The zero-order valence-electron chi connectivity index (χ0n) is 8.40. The van der Waals surface area contributed by atoms with Gasteiger partial charge in [-0.1, -0.05) is 36.9 Å². The number of aromatic nitrogens is 1. The maximum Gasteiger partial charge on any atom is 0.0525 e. The Balaban J connectivity index is 2.24. The van der Waals surface area contributed by atoms with Crippen LogP contribution in [-0.2, 0) is 6.42 Å². The van der Waals surface area contributed by atoms with Crippen LogP contribution in [0.3, 0.4) is 0 Å². The first-order valence-corrected chi connectivity index (χ1v) is 5.08. The zero-order chi connectivity index (χ0) is 10.3. The van der Waals surface area contributed by atoms with E-state index in [-0.39, 0.29) is 0 Å². The Labute approximate surface area is 89.1 Å². The van der Waals surface area contributed by atoms with Crippen molar-refractivity contribution in [2.75, 3.05) is 0 Å². The highest BCUT2D eigenvalue weighted by atomic mass is 14.7. The van der Waals surface area contributed by atoms with Crippen LogP contribution in [0.1, 0.15) is 22.4 Å². The number of benzene rings is 1. The number of hydrogen-bond donors (Lipinski definition) is 0. The lowest BCUT2D eigenvalue weighted by atomic mass is 9.86. The summed E-state index contributed by atoms with van der Waals surface area (Å²) < 4.78 is 0. The van der Waals surface area contributed by atoms with Gasteiger partial charge in [0.25, 0.3) is 0 Å². The quantitative estimate of drug-likeness (QED) is 0.534. The normalized spacial score (nSPS) is 13.2. The highest BCUT2D eigenvalue weighted by Crippen LogP contribution is 2.32. The van der Waals surface area contributed by atoms with E-state index in [1.165, 1.54) is 16.7 Å². The first-order chi connectivity index (χ1) is 7.36. The fourth-order valence-corrected chi connectivity index (χ4v) is 2.15. The minimum Gasteiger partial charge on any atom is -0.260 e. The van der Waals surface area contributed by atoms with Crippen LogP contribution < -0.4 is 0 Å². The van der Waals surface area contributed by atoms with Crippen molar-refractivity contribution in [2.45, 2.75) is 6.42 Å². The van der Waals surface area contributed by atoms with E-state index in [9.17, 15) is 0 Å². The van der Waals surface area contributed by atoms with Gasteiger partial charge in [0.2, 0.25) is 0 Å². The maximum atomic E-state index is 4.41. The molecule has 1 aliphatic carbocycles. The zero-order valence-corrected chi connectivity index (χ0v) is 8.40. The molecule has 2 aromatic rings. The average molecular weight is 193 g/mol. The molecular formula is C14H11N. The first kappa shape index (κ1) is 8.42. The SMILES string of the molecule is C=C1c2ccccc2Cc2ncccc21. The average Bonchev–Trinajstić information content (AvgIpc) is 2.30. The third-order valence-electron chi connectivity index (χ3n) is 2.92. The smallest absolute Gasteiger partial charge is 0.0525 e. The molecule has 0 N–H and O–H groups in total. The molecule has 0 unspecified atom stereocenters. The van der Waals surface area contributed by atoms with Gasteiger partial charge in [-0.05, 0) is 22.8 Å². The van der Waals surface area contributed by atoms with E-state index in [0.717, 1.165) is 17.7 Å². The number of nitrogens with zero attached hydrogens (tertiary/aromatic N) is 1. The molecule has 1 aliphatic rings. The van der Waals surface area contributed by atoms with Crippen molar-refractivity contribution < 1.29 is 0 Å². The molecule has 0 aliphatic heterocycles. The van der Waals surface area contributed by atoms with E-state index in [2.05, 4.69) is 41.9 Å². The molecule has 1 heteroatoms. The van der Waals surface area contributed by atoms with Gasteiger partial charge < -0.3 is 0 Å². The van der Waals surface area contributed by atoms with Gasteiger partial charge in [-0.2, -0.15) is 0 Å². The van der Waals surface area contributed by atoms with Crippen LogP contribution >= 0.6 is 0 Å². The lowest BCUT2D eigenvalue weighted by molar-refractivity contribution is 1.04. The van der Waals surface area contributed by atoms with Gasteiger partial charge in [0.1, 0.15) is 0 Å². The predicted octanol–water partition coefficient (Wildman–Crippen LogP) is 3.05. The monoisotopic (exact) mass is 193 g/mol. The van der Waals surface area contributed by atoms with Crippen molar-refractivity contribution in [1.29, 1.82) is 0 Å². The number of fused-ring (bicyclic) bond motifs is 2. The molecule has 0 fully saturated rings. The molecule has 0 amide bonds. The Hall–Kier alpha value is -1.89. The summed E-state index contributed by atoms with van der Waals surface area (Å²) in [5, 5.41) is 0. The van der Waals surface area contributed by atoms with Crippen LogP contribution in [0.25, 0.3) is 5.57 Å². The summed E-state index contributed by atoms with van der Waals surface area (Å²) in [6, 6.07) is 12.5. The fourth-order valence-electron chi connectivity index (χ4n) is 2.15. The van der Waals surface area contributed by atoms with Crippen molar-refractivity contribution in [3.63, 3.8) is 0 Å². The van der Waals surface area contributed by atoms with E-state index < -0.39 is 0 Å². The van der Waals surface area contributed by atoms with Crippen LogP contribution in [0.15, 0.2) is 49.2 Å². The van der Waals surface area contributed by atoms with E-state index >= 15 is 0 Å². The van der Waals surface area contributed by atoms with Gasteiger partial charge in [-0.25, -0.2) is 0 Å². The molecule has 72 valence electrons. The first-order valence-electron chi connectivity index (χ1n) is 5.08. The van der Waals surface area contributed by atoms with Gasteiger partial charge in [-0.3, -0.25) is 4.98 Å². The summed E-state index contributed by atoms with van der Waals surface area (Å²) in [5.41, 5.74) is 6.02. The molecule has 0 saturated carbocycles. The lowest BCUT2D eigenvalue weighted by Gasteiger charge is -2.20. The van der Waals surface area contributed by atoms with Gasteiger partial charge >= 0.3 is 0 Å². The molecule has 0 bridgehead atoms. The topological polar surface area (TPSA) is 12.9 Å². The van der Waals surface area contributed by atoms with Crippen LogP contribution in [0.4, 0.5) is 0 Å². The fraction of sp³-hybridized carbons (Fsp3) is 0.0714. The van der Waals surface area contributed by atoms with Crippen molar-refractivity contribution in [3.05, 3.63) is 71.6 Å². The van der Waals surface area contributed by atoms with E-state index in [0.29, 0.717) is 0 Å². The summed E-state index contributed by atoms with van der Waals surface area (Å²) in [6.45, 7) is 4.16. The highest BCUT2D eigenvalue weighted by Gasteiger charge is 2.18. The maximum absolute atomic E-state index is 4.41. The molecule has 0 radical (unpaired) electrons. The summed E-state index contributed by atoms with van der Waals surface area (Å²) in [7, 11) is 0. The summed E-state index contributed by atoms with van der Waals surface area (Å²) >= 11 is 0. The molecule has 0 saturated heterocycles. The van der Waals surface area contributed by atoms with Gasteiger partial charge in [-0.15, -0.1) is 0 Å². The molecule has 3 rings (SSSR count). The second kappa shape index (κ2) is 3.06. The van der Waals surface area contributed by atoms with Crippen LogP contribution in [-0.4, -0.2) is 4.98 Å².